The molecule has 11 nitrogen and oxygen atoms in total. The number of nitrogens with one attached hydrogen (secondary N) is 1. The molecule has 0 aliphatic carbocycles. The molecule has 4 aromatic rings. The number of aromatic nitrogens is 4. The zero-order chi connectivity index (χ0) is 22.8. The Balaban J connectivity index is 1.63. The van der Waals surface area contributed by atoms with E-state index in [0.717, 1.165) is 16.9 Å². The number of nitrogens with zero attached hydrogens (tertiary/aromatic N) is 6. The highest BCUT2D eigenvalue weighted by molar-refractivity contribution is 5.99. The number of nitro benzene ring substituents is 1. The molecule has 3 N–H and O–H groups in total. The zero-order valence-electron chi connectivity index (χ0n) is 17.5. The molecule has 2 aromatic carbocycles. The maximum Gasteiger partial charge on any atom is 0.269 e. The predicted octanol–water partition coefficient (Wildman–Crippen LogP) is 3.16. The first-order chi connectivity index (χ1) is 16.1. The van der Waals surface area contributed by atoms with Gasteiger partial charge in [0.05, 0.1) is 34.9 Å². The van der Waals surface area contributed by atoms with E-state index in [0.29, 0.717) is 48.9 Å². The largest absolute Gasteiger partial charge is 0.378 e. The van der Waals surface area contributed by atoms with E-state index in [4.69, 9.17) is 20.4 Å². The summed E-state index contributed by atoms with van der Waals surface area (Å²) in [5, 5.41) is 15.2. The Morgan fingerprint density at radius 2 is 1.76 bits per heavy atom. The van der Waals surface area contributed by atoms with Crippen LogP contribution in [0.2, 0.25) is 0 Å². The normalized spacial score (nSPS) is 13.8. The molecule has 1 aliphatic rings. The molecule has 0 saturated carbocycles. The fourth-order valence-electron chi connectivity index (χ4n) is 3.66. The number of anilines is 4. The van der Waals surface area contributed by atoms with Crippen LogP contribution in [0, 0.1) is 10.1 Å². The smallest absolute Gasteiger partial charge is 0.269 e. The second kappa shape index (κ2) is 8.63. The lowest BCUT2D eigenvalue weighted by molar-refractivity contribution is -0.384. The van der Waals surface area contributed by atoms with Gasteiger partial charge in [0.15, 0.2) is 5.82 Å². The van der Waals surface area contributed by atoms with Gasteiger partial charge in [0, 0.05) is 48.7 Å². The lowest BCUT2D eigenvalue weighted by atomic mass is 10.1. The molecule has 5 rings (SSSR count). The van der Waals surface area contributed by atoms with Crippen LogP contribution in [-0.4, -0.2) is 51.2 Å². The van der Waals surface area contributed by atoms with E-state index < -0.39 is 4.92 Å². The molecule has 0 atom stereocenters. The van der Waals surface area contributed by atoms with Crippen molar-refractivity contribution in [3.63, 3.8) is 0 Å². The van der Waals surface area contributed by atoms with E-state index >= 15 is 0 Å². The van der Waals surface area contributed by atoms with Gasteiger partial charge in [-0.25, -0.2) is 19.9 Å². The Hall–Kier alpha value is -4.38. The zero-order valence-corrected chi connectivity index (χ0v) is 17.5. The van der Waals surface area contributed by atoms with Crippen molar-refractivity contribution >= 4 is 39.7 Å². The molecule has 0 radical (unpaired) electrons. The summed E-state index contributed by atoms with van der Waals surface area (Å²) < 4.78 is 5.51. The van der Waals surface area contributed by atoms with Gasteiger partial charge in [-0.3, -0.25) is 10.1 Å². The molecule has 0 spiro atoms. The number of nitrogens with two attached hydrogens (primary N) is 1. The first-order valence-corrected chi connectivity index (χ1v) is 10.3. The molecular formula is C22H20N8O3. The van der Waals surface area contributed by atoms with Crippen LogP contribution in [0.15, 0.2) is 54.9 Å². The SMILES string of the molecule is Nc1ncc(-c2nc(N3CCOCC3)c3cccc(Nc4ccc([N+](=O)[O-])cc4)c3n2)cn1. The Morgan fingerprint density at radius 3 is 2.45 bits per heavy atom. The van der Waals surface area contributed by atoms with E-state index in [-0.39, 0.29) is 11.6 Å². The van der Waals surface area contributed by atoms with Gasteiger partial charge >= 0.3 is 0 Å². The first-order valence-electron chi connectivity index (χ1n) is 10.3. The molecule has 1 fully saturated rings. The second-order valence-corrected chi connectivity index (χ2v) is 7.43. The van der Waals surface area contributed by atoms with Gasteiger partial charge in [-0.1, -0.05) is 6.07 Å². The van der Waals surface area contributed by atoms with Crippen LogP contribution in [0.25, 0.3) is 22.3 Å². The van der Waals surface area contributed by atoms with E-state index in [1.165, 1.54) is 12.1 Å². The van der Waals surface area contributed by atoms with Crippen molar-refractivity contribution in [1.29, 1.82) is 0 Å². The van der Waals surface area contributed by atoms with Crippen LogP contribution in [0.5, 0.6) is 0 Å². The van der Waals surface area contributed by atoms with Crippen LogP contribution in [0.3, 0.4) is 0 Å². The van der Waals surface area contributed by atoms with Gasteiger partial charge < -0.3 is 20.7 Å². The number of para-hydroxylation sites is 1. The van der Waals surface area contributed by atoms with Crippen molar-refractivity contribution in [2.45, 2.75) is 0 Å². The third-order valence-electron chi connectivity index (χ3n) is 5.30. The van der Waals surface area contributed by atoms with Crippen molar-refractivity contribution in [1.82, 2.24) is 19.9 Å². The number of non-ortho nitro benzene ring substituents is 1. The molecule has 11 heteroatoms. The summed E-state index contributed by atoms with van der Waals surface area (Å²) in [6.45, 7) is 2.66. The fraction of sp³-hybridized carbons (Fsp3) is 0.182. The molecule has 2 aromatic heterocycles. The Morgan fingerprint density at radius 1 is 1.03 bits per heavy atom. The summed E-state index contributed by atoms with van der Waals surface area (Å²) in [7, 11) is 0. The number of ether oxygens (including phenoxy) is 1. The molecule has 166 valence electrons. The van der Waals surface area contributed by atoms with Crippen molar-refractivity contribution in [2.75, 3.05) is 42.3 Å². The Labute approximate surface area is 188 Å². The number of morpholine rings is 1. The number of rotatable bonds is 5. The van der Waals surface area contributed by atoms with Gasteiger partial charge in [-0.15, -0.1) is 0 Å². The standard InChI is InChI=1S/C22H20N8O3/c23-22-24-12-14(13-25-22)20-27-19-17(21(28-20)29-8-10-33-11-9-29)2-1-3-18(19)26-15-4-6-16(7-5-15)30(31)32/h1-7,12-13,26H,8-11H2,(H2,23,24,25). The van der Waals surface area contributed by atoms with E-state index in [1.807, 2.05) is 18.2 Å². The molecule has 1 aliphatic heterocycles. The summed E-state index contributed by atoms with van der Waals surface area (Å²) in [6, 6.07) is 12.0. The van der Waals surface area contributed by atoms with Gasteiger partial charge in [-0.2, -0.15) is 0 Å². The number of nitro groups is 1. The van der Waals surface area contributed by atoms with Crippen LogP contribution >= 0.6 is 0 Å². The highest BCUT2D eigenvalue weighted by atomic mass is 16.6. The van der Waals surface area contributed by atoms with Crippen LogP contribution in [-0.2, 0) is 4.74 Å². The van der Waals surface area contributed by atoms with Crippen LogP contribution in [0.1, 0.15) is 0 Å². The number of hydrogen-bond donors (Lipinski definition) is 2. The van der Waals surface area contributed by atoms with Crippen LogP contribution in [0.4, 0.5) is 28.8 Å². The summed E-state index contributed by atoms with van der Waals surface area (Å²) in [5.41, 5.74) is 8.48. The van der Waals surface area contributed by atoms with E-state index in [9.17, 15) is 10.1 Å². The minimum absolute atomic E-state index is 0.0287. The lowest BCUT2D eigenvalue weighted by Gasteiger charge is -2.29. The summed E-state index contributed by atoms with van der Waals surface area (Å²) in [6.07, 6.45) is 3.19. The fourth-order valence-corrected chi connectivity index (χ4v) is 3.66. The number of benzene rings is 2. The lowest BCUT2D eigenvalue weighted by Crippen LogP contribution is -2.37. The van der Waals surface area contributed by atoms with Gasteiger partial charge in [0.25, 0.3) is 5.69 Å². The minimum Gasteiger partial charge on any atom is -0.378 e. The number of fused-ring (bicyclic) bond motifs is 1. The number of hydrogen-bond acceptors (Lipinski definition) is 10. The van der Waals surface area contributed by atoms with Gasteiger partial charge in [0.1, 0.15) is 5.82 Å². The third kappa shape index (κ3) is 4.21. The topological polar surface area (TPSA) is 145 Å². The van der Waals surface area contributed by atoms with Crippen molar-refractivity contribution < 1.29 is 9.66 Å². The first kappa shape index (κ1) is 20.5. The predicted molar refractivity (Wildman–Crippen MR) is 124 cm³/mol. The van der Waals surface area contributed by atoms with Crippen LogP contribution < -0.4 is 16.0 Å². The maximum atomic E-state index is 11.0. The Kier molecular flexibility index (Phi) is 5.37. The molecule has 33 heavy (non-hydrogen) atoms. The average molecular weight is 444 g/mol. The highest BCUT2D eigenvalue weighted by Crippen LogP contribution is 2.33. The van der Waals surface area contributed by atoms with Gasteiger partial charge in [-0.05, 0) is 24.3 Å². The molecule has 3 heterocycles. The summed E-state index contributed by atoms with van der Waals surface area (Å²) >= 11 is 0. The molecular weight excluding hydrogens is 424 g/mol. The van der Waals surface area contributed by atoms with E-state index in [1.54, 1.807) is 24.5 Å². The molecule has 1 saturated heterocycles. The average Bonchev–Trinajstić information content (AvgIpc) is 2.85. The molecule has 0 bridgehead atoms. The van der Waals surface area contributed by atoms with E-state index in [2.05, 4.69) is 20.2 Å². The second-order valence-electron chi connectivity index (χ2n) is 7.43. The number of nitrogen functional groups attached to an aromatic ring is 1. The Bertz CT molecular complexity index is 1310. The molecule has 0 unspecified atom stereocenters. The third-order valence-corrected chi connectivity index (χ3v) is 5.30. The van der Waals surface area contributed by atoms with Crippen molar-refractivity contribution in [2.24, 2.45) is 0 Å². The maximum absolute atomic E-state index is 11.0. The summed E-state index contributed by atoms with van der Waals surface area (Å²) in [5.74, 6) is 1.44. The van der Waals surface area contributed by atoms with Gasteiger partial charge in [0.2, 0.25) is 5.95 Å². The van der Waals surface area contributed by atoms with Crippen molar-refractivity contribution in [3.8, 4) is 11.4 Å². The van der Waals surface area contributed by atoms with Crippen molar-refractivity contribution in [3.05, 3.63) is 65.0 Å². The quantitative estimate of drug-likeness (QED) is 0.348. The highest BCUT2D eigenvalue weighted by Gasteiger charge is 2.20. The monoisotopic (exact) mass is 444 g/mol. The molecule has 0 amide bonds. The summed E-state index contributed by atoms with van der Waals surface area (Å²) in [4.78, 5) is 30.5. The minimum atomic E-state index is -0.426.